The van der Waals surface area contributed by atoms with E-state index in [0.717, 1.165) is 5.56 Å². The number of benzene rings is 1. The Morgan fingerprint density at radius 2 is 1.78 bits per heavy atom. The van der Waals surface area contributed by atoms with Gasteiger partial charge in [0, 0.05) is 6.54 Å². The highest BCUT2D eigenvalue weighted by Crippen LogP contribution is 2.22. The summed E-state index contributed by atoms with van der Waals surface area (Å²) in [5.41, 5.74) is 0.868. The van der Waals surface area contributed by atoms with E-state index in [4.69, 9.17) is 9.84 Å². The smallest absolute Gasteiger partial charge is 0.305 e. The minimum atomic E-state index is -1.01. The Balaban J connectivity index is 2.56. The van der Waals surface area contributed by atoms with E-state index in [1.165, 1.54) is 17.6 Å². The SMILES string of the molecule is COc1ccc(-c2ccc(C(C)=O)c(=O)n2CCC(=O)O)cc1. The molecule has 6 nitrogen and oxygen atoms in total. The maximum absolute atomic E-state index is 12.5. The van der Waals surface area contributed by atoms with Crippen molar-refractivity contribution in [2.75, 3.05) is 7.11 Å². The Bertz CT molecular complexity index is 790. The first-order chi connectivity index (χ1) is 10.9. The molecule has 23 heavy (non-hydrogen) atoms. The summed E-state index contributed by atoms with van der Waals surface area (Å²) in [7, 11) is 1.56. The summed E-state index contributed by atoms with van der Waals surface area (Å²) in [5, 5.41) is 8.88. The lowest BCUT2D eigenvalue weighted by Gasteiger charge is -2.14. The van der Waals surface area contributed by atoms with Crippen LogP contribution in [0.25, 0.3) is 11.3 Å². The molecule has 0 amide bonds. The van der Waals surface area contributed by atoms with Gasteiger partial charge < -0.3 is 14.4 Å². The number of carbonyl (C=O) groups is 2. The average molecular weight is 315 g/mol. The predicted molar refractivity (Wildman–Crippen MR) is 84.9 cm³/mol. The molecule has 1 aromatic heterocycles. The highest BCUT2D eigenvalue weighted by atomic mass is 16.5. The number of ketones is 1. The molecule has 1 N–H and O–H groups in total. The molecule has 0 spiro atoms. The number of carboxylic acid groups (broad SMARTS) is 1. The van der Waals surface area contributed by atoms with Crippen LogP contribution in [0.1, 0.15) is 23.7 Å². The zero-order valence-electron chi connectivity index (χ0n) is 12.9. The molecule has 0 aliphatic carbocycles. The summed E-state index contributed by atoms with van der Waals surface area (Å²) in [4.78, 5) is 34.8. The van der Waals surface area contributed by atoms with Crippen LogP contribution in [0.4, 0.5) is 0 Å². The van der Waals surface area contributed by atoms with Crippen molar-refractivity contribution in [1.82, 2.24) is 4.57 Å². The fraction of sp³-hybridized carbons (Fsp3) is 0.235. The van der Waals surface area contributed by atoms with Gasteiger partial charge in [-0.05, 0) is 48.9 Å². The van der Waals surface area contributed by atoms with E-state index in [0.29, 0.717) is 11.4 Å². The topological polar surface area (TPSA) is 85.6 Å². The second-order valence-electron chi connectivity index (χ2n) is 5.02. The number of carbonyl (C=O) groups excluding carboxylic acids is 1. The van der Waals surface area contributed by atoms with E-state index < -0.39 is 11.5 Å². The highest BCUT2D eigenvalue weighted by molar-refractivity contribution is 5.94. The summed E-state index contributed by atoms with van der Waals surface area (Å²) in [6, 6.07) is 10.2. The number of pyridine rings is 1. The molecule has 0 radical (unpaired) electrons. The lowest BCUT2D eigenvalue weighted by atomic mass is 10.1. The van der Waals surface area contributed by atoms with Crippen LogP contribution in [-0.4, -0.2) is 28.5 Å². The maximum Gasteiger partial charge on any atom is 0.305 e. The van der Waals surface area contributed by atoms with Gasteiger partial charge in [0.2, 0.25) is 0 Å². The van der Waals surface area contributed by atoms with E-state index in [2.05, 4.69) is 0 Å². The zero-order chi connectivity index (χ0) is 17.0. The third-order valence-electron chi connectivity index (χ3n) is 3.49. The standard InChI is InChI=1S/C17H17NO5/c1-11(19)14-7-8-15(12-3-5-13(23-2)6-4-12)18(17(14)22)10-9-16(20)21/h3-8H,9-10H2,1-2H3,(H,20,21). The van der Waals surface area contributed by atoms with Crippen molar-refractivity contribution in [3.05, 3.63) is 52.3 Å². The van der Waals surface area contributed by atoms with Gasteiger partial charge in [-0.1, -0.05) is 0 Å². The summed E-state index contributed by atoms with van der Waals surface area (Å²) >= 11 is 0. The first-order valence-electron chi connectivity index (χ1n) is 7.05. The molecule has 120 valence electrons. The van der Waals surface area contributed by atoms with Crippen LogP contribution in [0.15, 0.2) is 41.2 Å². The number of ether oxygens (including phenoxy) is 1. The molecular formula is C17H17NO5. The van der Waals surface area contributed by atoms with Gasteiger partial charge in [0.1, 0.15) is 5.75 Å². The van der Waals surface area contributed by atoms with Gasteiger partial charge in [0.25, 0.3) is 5.56 Å². The molecule has 0 unspecified atom stereocenters. The largest absolute Gasteiger partial charge is 0.497 e. The molecule has 0 aliphatic heterocycles. The Kier molecular flexibility index (Phi) is 4.95. The molecule has 0 saturated heterocycles. The van der Waals surface area contributed by atoms with Crippen LogP contribution in [0.5, 0.6) is 5.75 Å². The monoisotopic (exact) mass is 315 g/mol. The molecule has 6 heteroatoms. The first kappa shape index (κ1) is 16.5. The number of methoxy groups -OCH3 is 1. The fourth-order valence-electron chi connectivity index (χ4n) is 2.29. The molecule has 0 bridgehead atoms. The fourth-order valence-corrected chi connectivity index (χ4v) is 2.29. The minimum Gasteiger partial charge on any atom is -0.497 e. The Morgan fingerprint density at radius 1 is 1.13 bits per heavy atom. The zero-order valence-corrected chi connectivity index (χ0v) is 12.9. The van der Waals surface area contributed by atoms with Crippen LogP contribution in [0.2, 0.25) is 0 Å². The van der Waals surface area contributed by atoms with Crippen LogP contribution in [-0.2, 0) is 11.3 Å². The van der Waals surface area contributed by atoms with E-state index in [1.807, 2.05) is 0 Å². The molecule has 0 atom stereocenters. The molecule has 2 aromatic rings. The number of aliphatic carboxylic acids is 1. The average Bonchev–Trinajstić information content (AvgIpc) is 2.53. The highest BCUT2D eigenvalue weighted by Gasteiger charge is 2.14. The second-order valence-corrected chi connectivity index (χ2v) is 5.02. The van der Waals surface area contributed by atoms with Crippen molar-refractivity contribution >= 4 is 11.8 Å². The van der Waals surface area contributed by atoms with Crippen molar-refractivity contribution in [2.45, 2.75) is 19.9 Å². The number of hydrogen-bond donors (Lipinski definition) is 1. The quantitative estimate of drug-likeness (QED) is 0.826. The number of hydrogen-bond acceptors (Lipinski definition) is 4. The van der Waals surface area contributed by atoms with Crippen molar-refractivity contribution < 1.29 is 19.4 Å². The number of aromatic nitrogens is 1. The third-order valence-corrected chi connectivity index (χ3v) is 3.49. The van der Waals surface area contributed by atoms with Crippen LogP contribution < -0.4 is 10.3 Å². The summed E-state index contributed by atoms with van der Waals surface area (Å²) in [6.07, 6.45) is -0.204. The van der Waals surface area contributed by atoms with Gasteiger partial charge in [-0.25, -0.2) is 0 Å². The third kappa shape index (κ3) is 3.66. The Hall–Kier alpha value is -2.89. The van der Waals surface area contributed by atoms with Crippen LogP contribution >= 0.6 is 0 Å². The van der Waals surface area contributed by atoms with Gasteiger partial charge in [0.15, 0.2) is 5.78 Å². The Labute approximate surface area is 133 Å². The normalized spacial score (nSPS) is 10.3. The van der Waals surface area contributed by atoms with E-state index in [-0.39, 0.29) is 24.3 Å². The Morgan fingerprint density at radius 3 is 2.30 bits per heavy atom. The number of rotatable bonds is 6. The van der Waals surface area contributed by atoms with Gasteiger partial charge in [-0.3, -0.25) is 14.4 Å². The van der Waals surface area contributed by atoms with E-state index in [1.54, 1.807) is 37.4 Å². The summed E-state index contributed by atoms with van der Waals surface area (Å²) < 4.78 is 6.42. The van der Waals surface area contributed by atoms with E-state index >= 15 is 0 Å². The number of nitrogens with zero attached hydrogens (tertiary/aromatic N) is 1. The van der Waals surface area contributed by atoms with E-state index in [9.17, 15) is 14.4 Å². The van der Waals surface area contributed by atoms with Crippen molar-refractivity contribution in [2.24, 2.45) is 0 Å². The lowest BCUT2D eigenvalue weighted by Crippen LogP contribution is -2.27. The first-order valence-corrected chi connectivity index (χ1v) is 7.05. The molecule has 2 rings (SSSR count). The lowest BCUT2D eigenvalue weighted by molar-refractivity contribution is -0.137. The van der Waals surface area contributed by atoms with Crippen LogP contribution in [0.3, 0.4) is 0 Å². The second kappa shape index (κ2) is 6.91. The molecule has 1 heterocycles. The summed E-state index contributed by atoms with van der Waals surface area (Å²) in [5.74, 6) is -0.681. The molecule has 0 aliphatic rings. The number of Topliss-reactive ketones (excluding diaryl/α,β-unsaturated/α-hetero) is 1. The summed E-state index contributed by atoms with van der Waals surface area (Å²) in [6.45, 7) is 1.31. The van der Waals surface area contributed by atoms with Gasteiger partial charge in [-0.2, -0.15) is 0 Å². The number of carboxylic acids is 1. The molecule has 0 saturated carbocycles. The van der Waals surface area contributed by atoms with Crippen molar-refractivity contribution in [3.63, 3.8) is 0 Å². The molecule has 0 fully saturated rings. The molecular weight excluding hydrogens is 298 g/mol. The van der Waals surface area contributed by atoms with Crippen molar-refractivity contribution in [1.29, 1.82) is 0 Å². The van der Waals surface area contributed by atoms with Gasteiger partial charge in [-0.15, -0.1) is 0 Å². The van der Waals surface area contributed by atoms with Crippen molar-refractivity contribution in [3.8, 4) is 17.0 Å². The van der Waals surface area contributed by atoms with Crippen LogP contribution in [0, 0.1) is 0 Å². The predicted octanol–water partition coefficient (Wildman–Crippen LogP) is 2.20. The van der Waals surface area contributed by atoms with Gasteiger partial charge >= 0.3 is 5.97 Å². The molecule has 1 aromatic carbocycles. The maximum atomic E-state index is 12.5. The minimum absolute atomic E-state index is 0.00332. The van der Waals surface area contributed by atoms with Gasteiger partial charge in [0.05, 0.1) is 24.8 Å².